The van der Waals surface area contributed by atoms with E-state index in [2.05, 4.69) is 12.2 Å². The molecule has 1 atom stereocenters. The third-order valence-electron chi connectivity index (χ3n) is 3.36. The summed E-state index contributed by atoms with van der Waals surface area (Å²) in [5.41, 5.74) is -0.805. The first kappa shape index (κ1) is 18.4. The molecule has 4 nitrogen and oxygen atoms in total. The average Bonchev–Trinajstić information content (AvgIpc) is 2.35. The van der Waals surface area contributed by atoms with Crippen LogP contribution in [0.2, 0.25) is 0 Å². The lowest BCUT2D eigenvalue weighted by Gasteiger charge is -2.31. The van der Waals surface area contributed by atoms with Crippen LogP contribution in [0.5, 0.6) is 0 Å². The number of carboxylic acids is 1. The number of aliphatic carboxylic acids is 1. The van der Waals surface area contributed by atoms with Crippen molar-refractivity contribution in [3.05, 3.63) is 0 Å². The Labute approximate surface area is 117 Å². The molecule has 0 saturated heterocycles. The number of rotatable bonds is 12. The van der Waals surface area contributed by atoms with E-state index in [0.29, 0.717) is 19.4 Å². The Bertz CT molecular complexity index is 244. The van der Waals surface area contributed by atoms with Crippen molar-refractivity contribution in [3.8, 4) is 0 Å². The maximum atomic E-state index is 11.5. The fraction of sp³-hybridized carbons (Fsp3) is 0.933. The number of ether oxygens (including phenoxy) is 1. The molecule has 0 saturated carbocycles. The first-order chi connectivity index (χ1) is 8.98. The Morgan fingerprint density at radius 3 is 2.32 bits per heavy atom. The maximum Gasteiger partial charge on any atom is 0.323 e. The van der Waals surface area contributed by atoms with Crippen molar-refractivity contribution < 1.29 is 14.6 Å². The van der Waals surface area contributed by atoms with Gasteiger partial charge in [-0.3, -0.25) is 10.1 Å². The van der Waals surface area contributed by atoms with Crippen LogP contribution in [0.3, 0.4) is 0 Å². The third kappa shape index (κ3) is 7.53. The van der Waals surface area contributed by atoms with Gasteiger partial charge in [0.05, 0.1) is 0 Å². The zero-order chi connectivity index (χ0) is 14.7. The van der Waals surface area contributed by atoms with Gasteiger partial charge in [0.2, 0.25) is 0 Å². The predicted molar refractivity (Wildman–Crippen MR) is 78.5 cm³/mol. The second-order valence-electron chi connectivity index (χ2n) is 5.46. The maximum absolute atomic E-state index is 11.5. The number of nitrogens with one attached hydrogen (secondary N) is 1. The highest BCUT2D eigenvalue weighted by atomic mass is 16.5. The fourth-order valence-corrected chi connectivity index (χ4v) is 2.26. The topological polar surface area (TPSA) is 58.6 Å². The van der Waals surface area contributed by atoms with Crippen LogP contribution in [0.1, 0.15) is 66.2 Å². The van der Waals surface area contributed by atoms with E-state index in [-0.39, 0.29) is 6.04 Å². The molecule has 0 aromatic rings. The zero-order valence-electron chi connectivity index (χ0n) is 13.0. The largest absolute Gasteiger partial charge is 0.480 e. The van der Waals surface area contributed by atoms with E-state index in [4.69, 9.17) is 4.74 Å². The summed E-state index contributed by atoms with van der Waals surface area (Å²) in [5, 5.41) is 12.6. The van der Waals surface area contributed by atoms with Crippen molar-refractivity contribution in [2.24, 2.45) is 0 Å². The lowest BCUT2D eigenvalue weighted by Crippen LogP contribution is -2.54. The molecule has 0 fully saturated rings. The van der Waals surface area contributed by atoms with Crippen molar-refractivity contribution in [2.75, 3.05) is 13.2 Å². The van der Waals surface area contributed by atoms with E-state index >= 15 is 0 Å². The summed E-state index contributed by atoms with van der Waals surface area (Å²) in [5.74, 6) is -0.755. The minimum absolute atomic E-state index is 0.168. The molecule has 0 spiro atoms. The summed E-state index contributed by atoms with van der Waals surface area (Å²) in [6.07, 6.45) is 5.48. The molecule has 0 aromatic heterocycles. The van der Waals surface area contributed by atoms with Crippen LogP contribution in [0.25, 0.3) is 0 Å². The van der Waals surface area contributed by atoms with Crippen LogP contribution in [0.15, 0.2) is 0 Å². The smallest absolute Gasteiger partial charge is 0.323 e. The van der Waals surface area contributed by atoms with Crippen molar-refractivity contribution in [2.45, 2.75) is 77.8 Å². The van der Waals surface area contributed by atoms with Crippen LogP contribution in [0.4, 0.5) is 0 Å². The van der Waals surface area contributed by atoms with Gasteiger partial charge >= 0.3 is 5.97 Å². The highest BCUT2D eigenvalue weighted by Gasteiger charge is 2.36. The molecule has 0 heterocycles. The van der Waals surface area contributed by atoms with Gasteiger partial charge in [-0.25, -0.2) is 0 Å². The lowest BCUT2D eigenvalue weighted by molar-refractivity contribution is -0.146. The minimum atomic E-state index is -0.805. The fourth-order valence-electron chi connectivity index (χ4n) is 2.26. The Hall–Kier alpha value is -0.610. The van der Waals surface area contributed by atoms with Gasteiger partial charge in [0.25, 0.3) is 0 Å². The summed E-state index contributed by atoms with van der Waals surface area (Å²) in [6.45, 7) is 9.49. The van der Waals surface area contributed by atoms with Gasteiger partial charge in [0.15, 0.2) is 0 Å². The SMILES string of the molecule is CCCCCOCCCC(CC)(NC(C)C)C(=O)O. The summed E-state index contributed by atoms with van der Waals surface area (Å²) in [7, 11) is 0. The molecule has 0 amide bonds. The van der Waals surface area contributed by atoms with E-state index < -0.39 is 11.5 Å². The molecule has 114 valence electrons. The molecular weight excluding hydrogens is 242 g/mol. The molecule has 1 unspecified atom stereocenters. The second-order valence-corrected chi connectivity index (χ2v) is 5.46. The number of carbonyl (C=O) groups is 1. The molecular formula is C15H31NO3. The second kappa shape index (κ2) is 10.2. The van der Waals surface area contributed by atoms with Gasteiger partial charge < -0.3 is 9.84 Å². The molecule has 0 aliphatic heterocycles. The van der Waals surface area contributed by atoms with Crippen molar-refractivity contribution in [1.82, 2.24) is 5.32 Å². The van der Waals surface area contributed by atoms with Crippen molar-refractivity contribution >= 4 is 5.97 Å². The first-order valence-corrected chi connectivity index (χ1v) is 7.57. The molecule has 0 aliphatic rings. The van der Waals surface area contributed by atoms with Crippen LogP contribution in [0, 0.1) is 0 Å². The van der Waals surface area contributed by atoms with E-state index in [9.17, 15) is 9.90 Å². The normalized spacial score (nSPS) is 14.6. The molecule has 0 radical (unpaired) electrons. The van der Waals surface area contributed by atoms with Gasteiger partial charge in [-0.1, -0.05) is 26.7 Å². The minimum Gasteiger partial charge on any atom is -0.480 e. The summed E-state index contributed by atoms with van der Waals surface area (Å²) >= 11 is 0. The molecule has 0 aliphatic carbocycles. The van der Waals surface area contributed by atoms with Crippen molar-refractivity contribution in [1.29, 1.82) is 0 Å². The molecule has 19 heavy (non-hydrogen) atoms. The monoisotopic (exact) mass is 273 g/mol. The van der Waals surface area contributed by atoms with Crippen molar-refractivity contribution in [3.63, 3.8) is 0 Å². The Kier molecular flexibility index (Phi) is 9.88. The number of hydrogen-bond acceptors (Lipinski definition) is 3. The van der Waals surface area contributed by atoms with E-state index in [0.717, 1.165) is 19.4 Å². The van der Waals surface area contributed by atoms with E-state index in [1.54, 1.807) is 0 Å². The van der Waals surface area contributed by atoms with Crippen LogP contribution in [-0.4, -0.2) is 35.9 Å². The quantitative estimate of drug-likeness (QED) is 0.536. The van der Waals surface area contributed by atoms with Gasteiger partial charge in [0.1, 0.15) is 5.54 Å². The third-order valence-corrected chi connectivity index (χ3v) is 3.36. The lowest BCUT2D eigenvalue weighted by atomic mass is 9.89. The van der Waals surface area contributed by atoms with Crippen LogP contribution >= 0.6 is 0 Å². The van der Waals surface area contributed by atoms with Gasteiger partial charge in [0, 0.05) is 19.3 Å². The summed E-state index contributed by atoms with van der Waals surface area (Å²) in [6, 6.07) is 0.168. The zero-order valence-corrected chi connectivity index (χ0v) is 13.0. The van der Waals surface area contributed by atoms with Crippen LogP contribution < -0.4 is 5.32 Å². The number of hydrogen-bond donors (Lipinski definition) is 2. The summed E-state index contributed by atoms with van der Waals surface area (Å²) < 4.78 is 5.54. The Morgan fingerprint density at radius 2 is 1.84 bits per heavy atom. The highest BCUT2D eigenvalue weighted by molar-refractivity contribution is 5.78. The molecule has 2 N–H and O–H groups in total. The standard InChI is InChI=1S/C15H31NO3/c1-5-7-8-11-19-12-9-10-15(6-2,14(17)18)16-13(3)4/h13,16H,5-12H2,1-4H3,(H,17,18). The molecule has 0 rings (SSSR count). The van der Waals surface area contributed by atoms with Crippen LogP contribution in [-0.2, 0) is 9.53 Å². The predicted octanol–water partition coefficient (Wildman–Crippen LogP) is 3.20. The van der Waals surface area contributed by atoms with Gasteiger partial charge in [-0.2, -0.15) is 0 Å². The Morgan fingerprint density at radius 1 is 1.21 bits per heavy atom. The first-order valence-electron chi connectivity index (χ1n) is 7.57. The van der Waals surface area contributed by atoms with Gasteiger partial charge in [-0.15, -0.1) is 0 Å². The molecule has 0 aromatic carbocycles. The van der Waals surface area contributed by atoms with E-state index in [1.807, 2.05) is 20.8 Å². The summed E-state index contributed by atoms with van der Waals surface area (Å²) in [4.78, 5) is 11.5. The number of unbranched alkanes of at least 4 members (excludes halogenated alkanes) is 2. The molecule has 0 bridgehead atoms. The van der Waals surface area contributed by atoms with Gasteiger partial charge in [-0.05, 0) is 39.5 Å². The highest BCUT2D eigenvalue weighted by Crippen LogP contribution is 2.19. The number of carboxylic acid groups (broad SMARTS) is 1. The Balaban J connectivity index is 4.03. The molecule has 4 heteroatoms. The average molecular weight is 273 g/mol. The van der Waals surface area contributed by atoms with E-state index in [1.165, 1.54) is 12.8 Å².